The van der Waals surface area contributed by atoms with Gasteiger partial charge in [0.1, 0.15) is 11.2 Å². The minimum absolute atomic E-state index is 0.300. The quantitative estimate of drug-likeness (QED) is 0.745. The van der Waals surface area contributed by atoms with Gasteiger partial charge in [-0.3, -0.25) is 0 Å². The van der Waals surface area contributed by atoms with Gasteiger partial charge in [-0.05, 0) is 39.5 Å². The molecule has 1 amide bonds. The van der Waals surface area contributed by atoms with Crippen LogP contribution >= 0.6 is 0 Å². The summed E-state index contributed by atoms with van der Waals surface area (Å²) in [6, 6.07) is 0. The summed E-state index contributed by atoms with van der Waals surface area (Å²) in [5.41, 5.74) is -1.13. The molecule has 19 heavy (non-hydrogen) atoms. The molecular weight excluding hydrogens is 242 g/mol. The van der Waals surface area contributed by atoms with Crippen LogP contribution in [0.25, 0.3) is 0 Å². The molecule has 0 radical (unpaired) electrons. The van der Waals surface area contributed by atoms with Gasteiger partial charge in [-0.1, -0.05) is 25.7 Å². The van der Waals surface area contributed by atoms with Crippen LogP contribution in [0, 0.1) is 5.92 Å². The lowest BCUT2D eigenvalue weighted by atomic mass is 9.77. The molecule has 4 nitrogen and oxygen atoms in total. The van der Waals surface area contributed by atoms with Crippen molar-refractivity contribution >= 4 is 6.09 Å². The third kappa shape index (κ3) is 3.62. The number of likely N-dealkylation sites (tertiary alicyclic amines) is 1. The molecule has 1 aliphatic heterocycles. The maximum absolute atomic E-state index is 11.9. The number of hydrogen-bond acceptors (Lipinski definition) is 3. The smallest absolute Gasteiger partial charge is 0.410 e. The van der Waals surface area contributed by atoms with E-state index in [4.69, 9.17) is 4.74 Å². The Kier molecular flexibility index (Phi) is 4.09. The Morgan fingerprint density at radius 3 is 2.16 bits per heavy atom. The van der Waals surface area contributed by atoms with Crippen molar-refractivity contribution in [2.75, 3.05) is 13.1 Å². The van der Waals surface area contributed by atoms with E-state index in [1.54, 1.807) is 4.90 Å². The van der Waals surface area contributed by atoms with Crippen molar-refractivity contribution in [3.05, 3.63) is 0 Å². The Hall–Kier alpha value is -0.770. The highest BCUT2D eigenvalue weighted by atomic mass is 16.6. The Bertz CT molecular complexity index is 321. The van der Waals surface area contributed by atoms with Crippen LogP contribution in [0.1, 0.15) is 59.3 Å². The normalized spacial score (nSPS) is 24.5. The Balaban J connectivity index is 1.84. The first-order valence-electron chi connectivity index (χ1n) is 7.50. The lowest BCUT2D eigenvalue weighted by Gasteiger charge is -2.50. The van der Waals surface area contributed by atoms with E-state index in [1.165, 1.54) is 25.7 Å². The minimum Gasteiger partial charge on any atom is -0.444 e. The SMILES string of the molecule is CC(C)(C)OC(=O)N1CC(O)(C2CCCCCC2)C1. The minimum atomic E-state index is -0.665. The van der Waals surface area contributed by atoms with Crippen LogP contribution in [0.2, 0.25) is 0 Å². The molecule has 1 saturated heterocycles. The number of amides is 1. The first kappa shape index (κ1) is 14.6. The molecular formula is C15H27NO3. The average molecular weight is 269 g/mol. The zero-order valence-corrected chi connectivity index (χ0v) is 12.4. The van der Waals surface area contributed by atoms with Crippen molar-refractivity contribution in [2.45, 2.75) is 70.5 Å². The average Bonchev–Trinajstić information content (AvgIpc) is 2.50. The summed E-state index contributed by atoms with van der Waals surface area (Å²) < 4.78 is 5.32. The molecule has 0 aromatic carbocycles. The fourth-order valence-corrected chi connectivity index (χ4v) is 3.15. The molecule has 0 unspecified atom stereocenters. The van der Waals surface area contributed by atoms with Gasteiger partial charge in [0.25, 0.3) is 0 Å². The summed E-state index contributed by atoms with van der Waals surface area (Å²) in [6.07, 6.45) is 6.87. The second kappa shape index (κ2) is 5.31. The Labute approximate surface area is 116 Å². The topological polar surface area (TPSA) is 49.8 Å². The second-order valence-corrected chi connectivity index (χ2v) is 7.13. The van der Waals surface area contributed by atoms with Gasteiger partial charge in [0.05, 0.1) is 13.1 Å². The maximum atomic E-state index is 11.9. The standard InChI is InChI=1S/C15H27NO3/c1-14(2,3)19-13(17)16-10-15(18,11-16)12-8-6-4-5-7-9-12/h12,18H,4-11H2,1-3H3. The molecule has 4 heteroatoms. The van der Waals surface area contributed by atoms with Crippen molar-refractivity contribution in [1.29, 1.82) is 0 Å². The summed E-state index contributed by atoms with van der Waals surface area (Å²) in [5, 5.41) is 10.6. The van der Waals surface area contributed by atoms with Crippen molar-refractivity contribution in [2.24, 2.45) is 5.92 Å². The molecule has 2 aliphatic rings. The fourth-order valence-electron chi connectivity index (χ4n) is 3.15. The van der Waals surface area contributed by atoms with Crippen LogP contribution in [-0.2, 0) is 4.74 Å². The van der Waals surface area contributed by atoms with Gasteiger partial charge in [-0.15, -0.1) is 0 Å². The predicted octanol–water partition coefficient (Wildman–Crippen LogP) is 2.94. The zero-order valence-electron chi connectivity index (χ0n) is 12.4. The van der Waals surface area contributed by atoms with E-state index in [0.717, 1.165) is 12.8 Å². The van der Waals surface area contributed by atoms with E-state index in [-0.39, 0.29) is 6.09 Å². The largest absolute Gasteiger partial charge is 0.444 e. The Morgan fingerprint density at radius 1 is 1.16 bits per heavy atom. The Morgan fingerprint density at radius 2 is 1.68 bits per heavy atom. The van der Waals surface area contributed by atoms with Gasteiger partial charge in [0, 0.05) is 0 Å². The number of hydrogen-bond donors (Lipinski definition) is 1. The molecule has 110 valence electrons. The van der Waals surface area contributed by atoms with Crippen molar-refractivity contribution in [3.8, 4) is 0 Å². The number of carbonyl (C=O) groups excluding carboxylic acids is 1. The molecule has 0 aromatic rings. The van der Waals surface area contributed by atoms with Crippen molar-refractivity contribution in [1.82, 2.24) is 4.90 Å². The van der Waals surface area contributed by atoms with Gasteiger partial charge < -0.3 is 14.7 Å². The summed E-state index contributed by atoms with van der Waals surface area (Å²) >= 11 is 0. The van der Waals surface area contributed by atoms with E-state index in [0.29, 0.717) is 19.0 Å². The third-order valence-electron chi connectivity index (χ3n) is 4.20. The zero-order chi connectivity index (χ0) is 14.1. The highest BCUT2D eigenvalue weighted by Crippen LogP contribution is 2.38. The molecule has 0 aromatic heterocycles. The van der Waals surface area contributed by atoms with Crippen molar-refractivity contribution < 1.29 is 14.6 Å². The summed E-state index contributed by atoms with van der Waals surface area (Å²) in [6.45, 7) is 6.46. The molecule has 0 spiro atoms. The van der Waals surface area contributed by atoms with E-state index in [9.17, 15) is 9.90 Å². The molecule has 0 bridgehead atoms. The van der Waals surface area contributed by atoms with E-state index < -0.39 is 11.2 Å². The monoisotopic (exact) mass is 269 g/mol. The molecule has 0 atom stereocenters. The van der Waals surface area contributed by atoms with Crippen LogP contribution in [-0.4, -0.2) is 40.4 Å². The summed E-state index contributed by atoms with van der Waals surface area (Å²) in [4.78, 5) is 13.5. The van der Waals surface area contributed by atoms with E-state index >= 15 is 0 Å². The number of rotatable bonds is 1. The van der Waals surface area contributed by atoms with Crippen LogP contribution in [0.4, 0.5) is 4.79 Å². The number of nitrogens with zero attached hydrogens (tertiary/aromatic N) is 1. The van der Waals surface area contributed by atoms with Gasteiger partial charge in [-0.25, -0.2) is 4.79 Å². The van der Waals surface area contributed by atoms with Gasteiger partial charge in [0.15, 0.2) is 0 Å². The fraction of sp³-hybridized carbons (Fsp3) is 0.933. The van der Waals surface area contributed by atoms with Gasteiger partial charge in [-0.2, -0.15) is 0 Å². The van der Waals surface area contributed by atoms with Crippen molar-refractivity contribution in [3.63, 3.8) is 0 Å². The van der Waals surface area contributed by atoms with Crippen LogP contribution in [0.3, 0.4) is 0 Å². The van der Waals surface area contributed by atoms with Crippen LogP contribution in [0.5, 0.6) is 0 Å². The molecule has 1 N–H and O–H groups in total. The van der Waals surface area contributed by atoms with Crippen LogP contribution in [0.15, 0.2) is 0 Å². The molecule has 2 fully saturated rings. The van der Waals surface area contributed by atoms with E-state index in [2.05, 4.69) is 0 Å². The highest BCUT2D eigenvalue weighted by molar-refractivity contribution is 5.69. The number of aliphatic hydroxyl groups is 1. The maximum Gasteiger partial charge on any atom is 0.410 e. The number of ether oxygens (including phenoxy) is 1. The lowest BCUT2D eigenvalue weighted by Crippen LogP contribution is -2.67. The van der Waals surface area contributed by atoms with Gasteiger partial charge >= 0.3 is 6.09 Å². The molecule has 1 aliphatic carbocycles. The summed E-state index contributed by atoms with van der Waals surface area (Å²) in [5.74, 6) is 0.355. The predicted molar refractivity (Wildman–Crippen MR) is 73.9 cm³/mol. The molecule has 2 rings (SSSR count). The lowest BCUT2D eigenvalue weighted by molar-refractivity contribution is -0.134. The van der Waals surface area contributed by atoms with Crippen LogP contribution < -0.4 is 0 Å². The molecule has 1 heterocycles. The van der Waals surface area contributed by atoms with Gasteiger partial charge in [0.2, 0.25) is 0 Å². The number of β-amino-alcohol motifs (C(OH)–C–C–N with tert-alkyl or cyclic N) is 1. The number of carbonyl (C=O) groups is 1. The van der Waals surface area contributed by atoms with E-state index in [1.807, 2.05) is 20.8 Å². The third-order valence-corrected chi connectivity index (χ3v) is 4.20. The molecule has 1 saturated carbocycles. The first-order chi connectivity index (χ1) is 8.80. The second-order valence-electron chi connectivity index (χ2n) is 7.13. The summed E-state index contributed by atoms with van der Waals surface area (Å²) in [7, 11) is 0. The highest BCUT2D eigenvalue weighted by Gasteiger charge is 2.49. The first-order valence-corrected chi connectivity index (χ1v) is 7.50.